The summed E-state index contributed by atoms with van der Waals surface area (Å²) in [6.07, 6.45) is 0. The average Bonchev–Trinajstić information content (AvgIpc) is 2.23. The van der Waals surface area contributed by atoms with Gasteiger partial charge in [-0.2, -0.15) is 0 Å². The van der Waals surface area contributed by atoms with Crippen molar-refractivity contribution in [1.29, 1.82) is 0 Å². The fourth-order valence-corrected chi connectivity index (χ4v) is 2.06. The van der Waals surface area contributed by atoms with Gasteiger partial charge in [0.1, 0.15) is 0 Å². The first-order chi connectivity index (χ1) is 6.83. The number of halogens is 1. The van der Waals surface area contributed by atoms with Crippen LogP contribution >= 0.6 is 15.9 Å². The number of fused-ring (bicyclic) bond motifs is 1. The lowest BCUT2D eigenvalue weighted by Gasteiger charge is -2.02. The second-order valence-electron chi connectivity index (χ2n) is 3.02. The highest BCUT2D eigenvalue weighted by Gasteiger charge is 2.01. The summed E-state index contributed by atoms with van der Waals surface area (Å²) in [5, 5.41) is 2.45. The zero-order valence-corrected chi connectivity index (χ0v) is 9.43. The Morgan fingerprint density at radius 1 is 1.07 bits per heavy atom. The lowest BCUT2D eigenvalue weighted by Crippen LogP contribution is -1.80. The minimum absolute atomic E-state index is 1.05. The Balaban J connectivity index is 2.79. The SMILES string of the molecule is CC#Cc1ccc2ccccc2c1Br. The largest absolute Gasteiger partial charge is 0.101 e. The lowest BCUT2D eigenvalue weighted by atomic mass is 10.1. The summed E-state index contributed by atoms with van der Waals surface area (Å²) in [7, 11) is 0. The van der Waals surface area contributed by atoms with Crippen molar-refractivity contribution in [2.45, 2.75) is 6.92 Å². The fraction of sp³-hybridized carbons (Fsp3) is 0.0769. The van der Waals surface area contributed by atoms with Gasteiger partial charge >= 0.3 is 0 Å². The van der Waals surface area contributed by atoms with Crippen molar-refractivity contribution in [2.24, 2.45) is 0 Å². The molecule has 0 fully saturated rings. The van der Waals surface area contributed by atoms with Crippen LogP contribution < -0.4 is 0 Å². The highest BCUT2D eigenvalue weighted by molar-refractivity contribution is 9.10. The third kappa shape index (κ3) is 1.54. The minimum atomic E-state index is 1.05. The Hall–Kier alpha value is -1.26. The summed E-state index contributed by atoms with van der Waals surface area (Å²) < 4.78 is 1.09. The van der Waals surface area contributed by atoms with E-state index in [1.165, 1.54) is 10.8 Å². The second kappa shape index (κ2) is 3.86. The monoisotopic (exact) mass is 244 g/mol. The molecule has 1 heteroatoms. The zero-order chi connectivity index (χ0) is 9.97. The molecule has 0 bridgehead atoms. The van der Waals surface area contributed by atoms with Crippen LogP contribution in [0.4, 0.5) is 0 Å². The number of hydrogen-bond donors (Lipinski definition) is 0. The Morgan fingerprint density at radius 2 is 1.86 bits per heavy atom. The molecule has 0 aromatic heterocycles. The Labute approximate surface area is 92.1 Å². The van der Waals surface area contributed by atoms with Gasteiger partial charge in [0.2, 0.25) is 0 Å². The van der Waals surface area contributed by atoms with E-state index in [2.05, 4.69) is 46.0 Å². The van der Waals surface area contributed by atoms with Crippen molar-refractivity contribution >= 4 is 26.7 Å². The zero-order valence-electron chi connectivity index (χ0n) is 7.84. The predicted molar refractivity (Wildman–Crippen MR) is 64.2 cm³/mol. The standard InChI is InChI=1S/C13H9Br/c1-2-5-11-9-8-10-6-3-4-7-12(10)13(11)14/h3-4,6-9H,1H3. The summed E-state index contributed by atoms with van der Waals surface area (Å²) in [6.45, 7) is 1.85. The Kier molecular flexibility index (Phi) is 2.56. The fourth-order valence-electron chi connectivity index (χ4n) is 1.46. The average molecular weight is 245 g/mol. The van der Waals surface area contributed by atoms with Crippen LogP contribution in [0.5, 0.6) is 0 Å². The Morgan fingerprint density at radius 3 is 2.64 bits per heavy atom. The van der Waals surface area contributed by atoms with E-state index in [1.807, 2.05) is 25.1 Å². The number of benzene rings is 2. The Bertz CT molecular complexity index is 530. The molecule has 2 aromatic carbocycles. The topological polar surface area (TPSA) is 0 Å². The maximum Gasteiger partial charge on any atom is 0.0410 e. The highest BCUT2D eigenvalue weighted by Crippen LogP contribution is 2.26. The van der Waals surface area contributed by atoms with Crippen molar-refractivity contribution in [2.75, 3.05) is 0 Å². The van der Waals surface area contributed by atoms with Crippen molar-refractivity contribution in [1.82, 2.24) is 0 Å². The molecule has 0 atom stereocenters. The van der Waals surface area contributed by atoms with Crippen molar-refractivity contribution in [3.05, 3.63) is 46.4 Å². The normalized spacial score (nSPS) is 9.57. The molecule has 0 nitrogen and oxygen atoms in total. The van der Waals surface area contributed by atoms with Crippen LogP contribution in [-0.4, -0.2) is 0 Å². The molecule has 0 saturated carbocycles. The number of rotatable bonds is 0. The van der Waals surface area contributed by atoms with E-state index in [0.29, 0.717) is 0 Å². The maximum atomic E-state index is 3.58. The van der Waals surface area contributed by atoms with Gasteiger partial charge in [-0.15, -0.1) is 5.92 Å². The van der Waals surface area contributed by atoms with Crippen molar-refractivity contribution in [3.63, 3.8) is 0 Å². The van der Waals surface area contributed by atoms with Gasteiger partial charge in [-0.25, -0.2) is 0 Å². The minimum Gasteiger partial charge on any atom is -0.101 e. The van der Waals surface area contributed by atoms with E-state index < -0.39 is 0 Å². The molecule has 2 rings (SSSR count). The molecule has 0 aliphatic heterocycles. The van der Waals surface area contributed by atoms with Gasteiger partial charge in [0, 0.05) is 10.0 Å². The molecule has 0 amide bonds. The molecule has 2 aromatic rings. The highest BCUT2D eigenvalue weighted by atomic mass is 79.9. The maximum absolute atomic E-state index is 3.58. The molecule has 14 heavy (non-hydrogen) atoms. The first-order valence-electron chi connectivity index (χ1n) is 4.43. The van der Waals surface area contributed by atoms with Gasteiger partial charge in [0.05, 0.1) is 0 Å². The molecule has 0 spiro atoms. The van der Waals surface area contributed by atoms with Gasteiger partial charge in [-0.1, -0.05) is 36.3 Å². The van der Waals surface area contributed by atoms with Crippen molar-refractivity contribution < 1.29 is 0 Å². The van der Waals surface area contributed by atoms with Crippen LogP contribution in [0.1, 0.15) is 12.5 Å². The van der Waals surface area contributed by atoms with Crippen LogP contribution in [0.2, 0.25) is 0 Å². The first-order valence-corrected chi connectivity index (χ1v) is 5.22. The van der Waals surface area contributed by atoms with E-state index in [0.717, 1.165) is 10.0 Å². The van der Waals surface area contributed by atoms with Crippen LogP contribution in [0, 0.1) is 11.8 Å². The molecule has 68 valence electrons. The molecular weight excluding hydrogens is 236 g/mol. The number of hydrogen-bond acceptors (Lipinski definition) is 0. The van der Waals surface area contributed by atoms with Crippen LogP contribution in [0.3, 0.4) is 0 Å². The molecule has 0 N–H and O–H groups in total. The predicted octanol–water partition coefficient (Wildman–Crippen LogP) is 3.97. The van der Waals surface area contributed by atoms with E-state index >= 15 is 0 Å². The van der Waals surface area contributed by atoms with E-state index in [4.69, 9.17) is 0 Å². The smallest absolute Gasteiger partial charge is 0.0410 e. The first kappa shape index (κ1) is 9.30. The molecule has 0 radical (unpaired) electrons. The van der Waals surface area contributed by atoms with Crippen LogP contribution in [0.15, 0.2) is 40.9 Å². The quantitative estimate of drug-likeness (QED) is 0.616. The molecule has 0 heterocycles. The van der Waals surface area contributed by atoms with E-state index in [1.54, 1.807) is 0 Å². The van der Waals surface area contributed by atoms with Crippen LogP contribution in [-0.2, 0) is 0 Å². The van der Waals surface area contributed by atoms with Gasteiger partial charge < -0.3 is 0 Å². The summed E-state index contributed by atoms with van der Waals surface area (Å²) >= 11 is 3.58. The van der Waals surface area contributed by atoms with E-state index in [9.17, 15) is 0 Å². The molecule has 0 unspecified atom stereocenters. The summed E-state index contributed by atoms with van der Waals surface area (Å²) in [5.41, 5.74) is 1.05. The third-order valence-electron chi connectivity index (χ3n) is 2.12. The molecule has 0 saturated heterocycles. The molecule has 0 aliphatic carbocycles. The lowest BCUT2D eigenvalue weighted by molar-refractivity contribution is 1.64. The van der Waals surface area contributed by atoms with Gasteiger partial charge in [0.15, 0.2) is 0 Å². The van der Waals surface area contributed by atoms with Gasteiger partial charge in [-0.3, -0.25) is 0 Å². The summed E-state index contributed by atoms with van der Waals surface area (Å²) in [6, 6.07) is 12.4. The summed E-state index contributed by atoms with van der Waals surface area (Å²) in [4.78, 5) is 0. The second-order valence-corrected chi connectivity index (χ2v) is 3.82. The van der Waals surface area contributed by atoms with Gasteiger partial charge in [0.25, 0.3) is 0 Å². The van der Waals surface area contributed by atoms with Crippen molar-refractivity contribution in [3.8, 4) is 11.8 Å². The van der Waals surface area contributed by atoms with E-state index in [-0.39, 0.29) is 0 Å². The molecular formula is C13H9Br. The van der Waals surface area contributed by atoms with Crippen LogP contribution in [0.25, 0.3) is 10.8 Å². The third-order valence-corrected chi connectivity index (χ3v) is 2.98. The summed E-state index contributed by atoms with van der Waals surface area (Å²) in [5.74, 6) is 5.98. The van der Waals surface area contributed by atoms with Gasteiger partial charge in [-0.05, 0) is 39.7 Å². The molecule has 0 aliphatic rings.